The van der Waals surface area contributed by atoms with Gasteiger partial charge >= 0.3 is 5.97 Å². The van der Waals surface area contributed by atoms with Gasteiger partial charge in [0.15, 0.2) is 32.6 Å². The van der Waals surface area contributed by atoms with Gasteiger partial charge in [-0.2, -0.15) is 21.8 Å². The highest BCUT2D eigenvalue weighted by molar-refractivity contribution is 7.86. The van der Waals surface area contributed by atoms with Gasteiger partial charge in [-0.1, -0.05) is 25.1 Å². The van der Waals surface area contributed by atoms with Crippen LogP contribution in [0.1, 0.15) is 66.6 Å². The molecule has 2 amide bonds. The number of carboxylic acid groups (broad SMARTS) is 1. The number of carbonyl (C=O) groups is 3. The summed E-state index contributed by atoms with van der Waals surface area (Å²) in [5.41, 5.74) is -0.384. The lowest BCUT2D eigenvalue weighted by Crippen LogP contribution is -2.56. The molecule has 1 saturated heterocycles. The highest BCUT2D eigenvalue weighted by Gasteiger charge is 2.39. The van der Waals surface area contributed by atoms with Gasteiger partial charge in [0, 0.05) is 73.2 Å². The number of nitrogens with one attached hydrogen (secondary N) is 3. The van der Waals surface area contributed by atoms with E-state index in [2.05, 4.69) is 20.6 Å². The molecule has 4 aliphatic heterocycles. The van der Waals surface area contributed by atoms with E-state index in [1.165, 1.54) is 24.3 Å². The van der Waals surface area contributed by atoms with Crippen molar-refractivity contribution in [2.24, 2.45) is 0 Å². The molecule has 1 fully saturated rings. The molecule has 2 unspecified atom stereocenters. The minimum Gasteiger partial charge on any atom is -0.478 e. The Morgan fingerprint density at radius 3 is 2.41 bits per heavy atom. The Kier molecular flexibility index (Phi) is 12.2. The number of hydrogen-bond acceptors (Lipinski definition) is 16. The summed E-state index contributed by atoms with van der Waals surface area (Å²) in [6.45, 7) is 6.34. The number of piperazine rings is 1. The number of amides is 2. The largest absolute Gasteiger partial charge is 0.478 e. The van der Waals surface area contributed by atoms with Crippen molar-refractivity contribution in [1.29, 1.82) is 5.41 Å². The predicted octanol–water partition coefficient (Wildman–Crippen LogP) is 5.24. The van der Waals surface area contributed by atoms with Gasteiger partial charge in [0.2, 0.25) is 24.6 Å². The van der Waals surface area contributed by atoms with Crippen LogP contribution in [0.3, 0.4) is 0 Å². The monoisotopic (exact) mass is 1030 g/mol. The predicted molar refractivity (Wildman–Crippen MR) is 261 cm³/mol. The Morgan fingerprint density at radius 1 is 0.918 bits per heavy atom. The summed E-state index contributed by atoms with van der Waals surface area (Å²) in [7, 11) is -10.4. The zero-order valence-corrected chi connectivity index (χ0v) is 41.0. The molecule has 378 valence electrons. The van der Waals surface area contributed by atoms with Gasteiger partial charge in [-0.05, 0) is 90.9 Å². The number of imidazole rings is 1. The maximum absolute atomic E-state index is 14.4. The molecule has 0 bridgehead atoms. The lowest BCUT2D eigenvalue weighted by molar-refractivity contribution is -0.132. The fourth-order valence-electron chi connectivity index (χ4n) is 10.1. The maximum Gasteiger partial charge on any atom is 0.336 e. The van der Waals surface area contributed by atoms with Crippen LogP contribution in [-0.2, 0) is 42.8 Å². The van der Waals surface area contributed by atoms with E-state index in [9.17, 15) is 45.4 Å². The minimum absolute atomic E-state index is 0.0169. The van der Waals surface area contributed by atoms with Gasteiger partial charge in [0.1, 0.15) is 12.1 Å². The minimum atomic E-state index is -5.25. The molecule has 22 nitrogen and oxygen atoms in total. The summed E-state index contributed by atoms with van der Waals surface area (Å²) in [6.07, 6.45) is 6.60. The van der Waals surface area contributed by atoms with E-state index in [-0.39, 0.29) is 102 Å². The van der Waals surface area contributed by atoms with Crippen LogP contribution >= 0.6 is 0 Å². The number of carbonyl (C=O) groups excluding carboxylic acids is 2. The zero-order chi connectivity index (χ0) is 51.7. The van der Waals surface area contributed by atoms with Gasteiger partial charge < -0.3 is 39.4 Å². The second-order valence-corrected chi connectivity index (χ2v) is 21.5. The highest BCUT2D eigenvalue weighted by atomic mass is 32.2. The molecule has 2 atom stereocenters. The van der Waals surface area contributed by atoms with Crippen LogP contribution in [0, 0.1) is 5.41 Å². The van der Waals surface area contributed by atoms with Gasteiger partial charge in [0.25, 0.3) is 20.2 Å². The second-order valence-electron chi connectivity index (χ2n) is 18.8. The molecule has 5 aromatic rings. The normalized spacial score (nSPS) is 17.3. The molecular weight excluding hydrogens is 987 g/mol. The average molecular weight is 1030 g/mol. The Labute approximate surface area is 417 Å². The topological polar surface area (TPSA) is 310 Å². The number of fused-ring (bicyclic) bond motifs is 4. The van der Waals surface area contributed by atoms with Gasteiger partial charge in [-0.15, -0.1) is 0 Å². The molecule has 0 spiro atoms. The van der Waals surface area contributed by atoms with Crippen molar-refractivity contribution in [3.8, 4) is 39.9 Å². The Hall–Kier alpha value is -7.93. The molecule has 0 radical (unpaired) electrons. The molecule has 6 heterocycles. The van der Waals surface area contributed by atoms with Crippen LogP contribution in [0.15, 0.2) is 99.8 Å². The van der Waals surface area contributed by atoms with E-state index in [1.54, 1.807) is 58.7 Å². The molecule has 10 rings (SSSR count). The standard InChI is InChI=1S/C49H47N9O13S2/c1-26-21-49(2,3)55-42-32(26)20-34-41(31-7-8-35(50)45(72(63,64)65)43(31)71-44(34)46(42)73(66,67)68)30-6-4-27(16-33(30)47(61)62)18-40(60)56-14-15-58(38-10-11-52-48(54-38)57-13-12-51-24-57)29(23-56)19-39(59)53-22-28-5-9-36-37(17-28)70-25-69-36/h4-13,16-17,20,24,26,29,50,55H,14-15,18-19,21-23,25H2,1-3H3,(H,53,59)(H,61,62)(H,63,64,65)(H,66,67,68). The summed E-state index contributed by atoms with van der Waals surface area (Å²) in [6, 6.07) is 14.6. The van der Waals surface area contributed by atoms with Crippen LogP contribution in [0.25, 0.3) is 39.4 Å². The van der Waals surface area contributed by atoms with Crippen molar-refractivity contribution in [3.63, 3.8) is 0 Å². The number of benzene rings is 4. The van der Waals surface area contributed by atoms with E-state index in [4.69, 9.17) is 24.3 Å². The maximum atomic E-state index is 14.4. The fourth-order valence-corrected chi connectivity index (χ4v) is 11.7. The van der Waals surface area contributed by atoms with E-state index < -0.39 is 64.3 Å². The molecule has 73 heavy (non-hydrogen) atoms. The number of nitrogens with zero attached hydrogens (tertiary/aromatic N) is 6. The third-order valence-electron chi connectivity index (χ3n) is 13.2. The number of aromatic nitrogens is 4. The summed E-state index contributed by atoms with van der Waals surface area (Å²) < 4.78 is 92.6. The number of carboxylic acids is 1. The summed E-state index contributed by atoms with van der Waals surface area (Å²) in [5, 5.41) is 24.7. The smallest absolute Gasteiger partial charge is 0.336 e. The third kappa shape index (κ3) is 9.40. The van der Waals surface area contributed by atoms with Crippen molar-refractivity contribution >= 4 is 60.5 Å². The van der Waals surface area contributed by atoms with E-state index in [0.717, 1.165) is 11.6 Å². The van der Waals surface area contributed by atoms with Gasteiger partial charge in [-0.25, -0.2) is 14.8 Å². The molecular formula is C49H47N9O13S2. The van der Waals surface area contributed by atoms with Crippen LogP contribution in [-0.4, -0.2) is 111 Å². The Bertz CT molecular complexity index is 3680. The van der Waals surface area contributed by atoms with Crippen LogP contribution in [0.2, 0.25) is 0 Å². The number of anilines is 2. The summed E-state index contributed by atoms with van der Waals surface area (Å²) in [5.74, 6) is -1.12. The van der Waals surface area contributed by atoms with Gasteiger partial charge in [0.05, 0.1) is 29.1 Å². The third-order valence-corrected chi connectivity index (χ3v) is 15.1. The molecule has 5 aliphatic rings. The van der Waals surface area contributed by atoms with Crippen molar-refractivity contribution in [1.82, 2.24) is 29.7 Å². The molecule has 0 saturated carbocycles. The van der Waals surface area contributed by atoms with Crippen molar-refractivity contribution in [2.45, 2.75) is 73.9 Å². The van der Waals surface area contributed by atoms with E-state index in [0.29, 0.717) is 35.2 Å². The number of hydrogen-bond donors (Lipinski definition) is 6. The first-order valence-electron chi connectivity index (χ1n) is 22.9. The van der Waals surface area contributed by atoms with E-state index in [1.807, 2.05) is 31.7 Å². The summed E-state index contributed by atoms with van der Waals surface area (Å²) in [4.78, 5) is 56.4. The first-order chi connectivity index (χ1) is 34.6. The highest BCUT2D eigenvalue weighted by Crippen LogP contribution is 2.51. The molecule has 3 aromatic carbocycles. The van der Waals surface area contributed by atoms with Crippen molar-refractivity contribution in [2.75, 3.05) is 36.6 Å². The molecule has 24 heteroatoms. The van der Waals surface area contributed by atoms with Crippen LogP contribution in [0.4, 0.5) is 11.5 Å². The fraction of sp³-hybridized carbons (Fsp3) is 0.286. The Balaban J connectivity index is 1.00. The van der Waals surface area contributed by atoms with Crippen LogP contribution < -0.4 is 30.4 Å². The number of rotatable bonds is 12. The van der Waals surface area contributed by atoms with E-state index >= 15 is 0 Å². The lowest BCUT2D eigenvalue weighted by Gasteiger charge is -2.42. The average Bonchev–Trinajstić information content (AvgIpc) is 4.04. The summed E-state index contributed by atoms with van der Waals surface area (Å²) >= 11 is 0. The first kappa shape index (κ1) is 48.7. The second kappa shape index (κ2) is 18.3. The quantitative estimate of drug-likeness (QED) is 0.0673. The number of ether oxygens (including phenoxy) is 2. The first-order valence-corrected chi connectivity index (χ1v) is 25.8. The van der Waals surface area contributed by atoms with Crippen molar-refractivity contribution < 1.29 is 59.3 Å². The van der Waals surface area contributed by atoms with Gasteiger partial charge in [-0.3, -0.25) is 28.7 Å². The zero-order valence-electron chi connectivity index (χ0n) is 39.3. The lowest BCUT2D eigenvalue weighted by atomic mass is 9.80. The number of aromatic carboxylic acids is 1. The SMILES string of the molecule is CC1CC(C)(C)Nc2c1cc1c(-c3ccc(CC(=O)N4CCN(c5ccnc(-n6ccnc6)n5)C(CC(=O)NCc5ccc6c(c5)OCO6)C4)cc3C(=O)O)c3ccc(=N)c(S(=O)(=O)O)c-3oc1c2S(=O)(=O)O. The Morgan fingerprint density at radius 2 is 1.67 bits per heavy atom. The molecule has 6 N–H and O–H groups in total. The van der Waals surface area contributed by atoms with Crippen LogP contribution in [0.5, 0.6) is 11.5 Å². The molecule has 1 aliphatic carbocycles. The van der Waals surface area contributed by atoms with Crippen molar-refractivity contribution in [3.05, 3.63) is 113 Å². The molecule has 2 aromatic heterocycles.